The lowest BCUT2D eigenvalue weighted by Crippen LogP contribution is -2.14. The van der Waals surface area contributed by atoms with E-state index in [4.69, 9.17) is 4.98 Å². The molecule has 4 heteroatoms. The molecule has 146 valence electrons. The zero-order valence-electron chi connectivity index (χ0n) is 17.7. The molecule has 0 fully saturated rings. The number of aromatic nitrogens is 1. The van der Waals surface area contributed by atoms with Crippen molar-refractivity contribution < 1.29 is 4.79 Å². The highest BCUT2D eigenvalue weighted by Gasteiger charge is 2.17. The van der Waals surface area contributed by atoms with Crippen LogP contribution in [-0.2, 0) is 5.41 Å². The van der Waals surface area contributed by atoms with Crippen LogP contribution in [0.15, 0.2) is 35.7 Å². The molecular weight excluding hydrogens is 364 g/mol. The number of carbonyl (C=O) groups is 1. The van der Waals surface area contributed by atoms with Crippen molar-refractivity contribution in [2.45, 2.75) is 53.9 Å². The minimum atomic E-state index is -0.129. The molecular formula is C24H28N2OS. The summed E-state index contributed by atoms with van der Waals surface area (Å²) in [5.41, 5.74) is 9.01. The number of hydrogen-bond acceptors (Lipinski definition) is 3. The van der Waals surface area contributed by atoms with Gasteiger partial charge in [0.1, 0.15) is 0 Å². The molecule has 0 spiro atoms. The lowest BCUT2D eigenvalue weighted by atomic mass is 9.87. The maximum absolute atomic E-state index is 12.6. The summed E-state index contributed by atoms with van der Waals surface area (Å²) in [5.74, 6) is -0.129. The Morgan fingerprint density at radius 2 is 1.54 bits per heavy atom. The van der Waals surface area contributed by atoms with E-state index in [1.165, 1.54) is 44.7 Å². The first-order chi connectivity index (χ1) is 13.1. The number of thiazole rings is 1. The molecule has 3 nitrogen and oxygen atoms in total. The third-order valence-corrected chi connectivity index (χ3v) is 6.12. The Morgan fingerprint density at radius 3 is 2.07 bits per heavy atom. The second-order valence-corrected chi connectivity index (χ2v) is 9.31. The summed E-state index contributed by atoms with van der Waals surface area (Å²) in [6, 6.07) is 10.0. The minimum absolute atomic E-state index is 0.0703. The van der Waals surface area contributed by atoms with E-state index in [1.54, 1.807) is 0 Å². The van der Waals surface area contributed by atoms with Gasteiger partial charge in [-0.1, -0.05) is 39.0 Å². The number of anilines is 1. The highest BCUT2D eigenvalue weighted by molar-refractivity contribution is 7.14. The van der Waals surface area contributed by atoms with Gasteiger partial charge in [0.25, 0.3) is 5.91 Å². The third kappa shape index (κ3) is 4.02. The normalized spacial score (nSPS) is 11.5. The van der Waals surface area contributed by atoms with E-state index in [0.29, 0.717) is 10.7 Å². The van der Waals surface area contributed by atoms with Gasteiger partial charge in [-0.2, -0.15) is 0 Å². The number of benzene rings is 2. The van der Waals surface area contributed by atoms with Crippen molar-refractivity contribution in [2.24, 2.45) is 0 Å². The van der Waals surface area contributed by atoms with Gasteiger partial charge in [0.05, 0.1) is 5.69 Å². The monoisotopic (exact) mass is 392 g/mol. The second-order valence-electron chi connectivity index (χ2n) is 8.45. The van der Waals surface area contributed by atoms with Crippen molar-refractivity contribution in [2.75, 3.05) is 5.32 Å². The zero-order valence-corrected chi connectivity index (χ0v) is 18.5. The topological polar surface area (TPSA) is 42.0 Å². The Balaban J connectivity index is 1.83. The summed E-state index contributed by atoms with van der Waals surface area (Å²) in [6.07, 6.45) is 0. The molecule has 0 aliphatic carbocycles. The molecule has 0 aliphatic rings. The van der Waals surface area contributed by atoms with Crippen molar-refractivity contribution in [1.29, 1.82) is 0 Å². The van der Waals surface area contributed by atoms with Gasteiger partial charge >= 0.3 is 0 Å². The maximum atomic E-state index is 12.6. The quantitative estimate of drug-likeness (QED) is 0.546. The lowest BCUT2D eigenvalue weighted by Gasteiger charge is -2.18. The average Bonchev–Trinajstić information content (AvgIpc) is 3.07. The van der Waals surface area contributed by atoms with E-state index in [9.17, 15) is 4.79 Å². The molecule has 0 atom stereocenters. The number of amides is 1. The van der Waals surface area contributed by atoms with Gasteiger partial charge in [0, 0.05) is 16.5 Å². The van der Waals surface area contributed by atoms with Crippen LogP contribution in [0.2, 0.25) is 0 Å². The molecule has 2 aromatic carbocycles. The maximum Gasteiger partial charge on any atom is 0.257 e. The Kier molecular flexibility index (Phi) is 5.44. The average molecular weight is 393 g/mol. The van der Waals surface area contributed by atoms with Crippen LogP contribution in [0.1, 0.15) is 58.9 Å². The standard InChI is InChI=1S/C24H28N2OS/c1-14-12-15(2)17(4)21(16(14)3)20-13-28-23(25-20)26-22(27)18-8-10-19(11-9-18)24(5,6)7/h8-13H,1-7H3,(H,25,26,27). The fraction of sp³-hybridized carbons (Fsp3) is 0.333. The minimum Gasteiger partial charge on any atom is -0.298 e. The summed E-state index contributed by atoms with van der Waals surface area (Å²) in [7, 11) is 0. The molecule has 3 aromatic rings. The van der Waals surface area contributed by atoms with E-state index in [2.05, 4.69) is 59.8 Å². The predicted molar refractivity (Wildman–Crippen MR) is 120 cm³/mol. The summed E-state index contributed by atoms with van der Waals surface area (Å²) in [4.78, 5) is 17.3. The number of aryl methyl sites for hydroxylation is 2. The van der Waals surface area contributed by atoms with Gasteiger partial charge in [0.2, 0.25) is 0 Å². The van der Waals surface area contributed by atoms with Crippen molar-refractivity contribution in [3.8, 4) is 11.3 Å². The zero-order chi connectivity index (χ0) is 20.6. The Morgan fingerprint density at radius 1 is 0.964 bits per heavy atom. The predicted octanol–water partition coefficient (Wildman–Crippen LogP) is 6.59. The molecule has 1 heterocycles. The largest absolute Gasteiger partial charge is 0.298 e. The molecule has 0 saturated carbocycles. The second kappa shape index (κ2) is 7.51. The van der Waals surface area contributed by atoms with Crippen LogP contribution < -0.4 is 5.32 Å². The fourth-order valence-electron chi connectivity index (χ4n) is 3.34. The first kappa shape index (κ1) is 20.3. The van der Waals surface area contributed by atoms with E-state index in [1.807, 2.05) is 29.6 Å². The SMILES string of the molecule is Cc1cc(C)c(C)c(-c2csc(NC(=O)c3ccc(C(C)(C)C)cc3)n2)c1C. The van der Waals surface area contributed by atoms with Crippen molar-refractivity contribution in [3.63, 3.8) is 0 Å². The molecule has 28 heavy (non-hydrogen) atoms. The van der Waals surface area contributed by atoms with Crippen LogP contribution >= 0.6 is 11.3 Å². The van der Waals surface area contributed by atoms with Crippen LogP contribution in [0, 0.1) is 27.7 Å². The highest BCUT2D eigenvalue weighted by atomic mass is 32.1. The number of rotatable bonds is 3. The van der Waals surface area contributed by atoms with Gasteiger partial charge in [-0.25, -0.2) is 4.98 Å². The van der Waals surface area contributed by atoms with Gasteiger partial charge in [-0.3, -0.25) is 10.1 Å². The summed E-state index contributed by atoms with van der Waals surface area (Å²) >= 11 is 1.46. The van der Waals surface area contributed by atoms with Crippen LogP contribution in [0.3, 0.4) is 0 Å². The van der Waals surface area contributed by atoms with Crippen LogP contribution in [-0.4, -0.2) is 10.9 Å². The van der Waals surface area contributed by atoms with Crippen molar-refractivity contribution >= 4 is 22.4 Å². The number of carbonyl (C=O) groups excluding carboxylic acids is 1. The van der Waals surface area contributed by atoms with E-state index in [0.717, 1.165) is 5.69 Å². The van der Waals surface area contributed by atoms with E-state index in [-0.39, 0.29) is 11.3 Å². The van der Waals surface area contributed by atoms with Crippen molar-refractivity contribution in [3.05, 3.63) is 69.1 Å². The third-order valence-electron chi connectivity index (χ3n) is 5.36. The number of nitrogens with zero attached hydrogens (tertiary/aromatic N) is 1. The molecule has 0 radical (unpaired) electrons. The van der Waals surface area contributed by atoms with Crippen LogP contribution in [0.25, 0.3) is 11.3 Å². The van der Waals surface area contributed by atoms with Crippen molar-refractivity contribution in [1.82, 2.24) is 4.98 Å². The molecule has 0 aliphatic heterocycles. The molecule has 0 unspecified atom stereocenters. The number of nitrogens with one attached hydrogen (secondary N) is 1. The summed E-state index contributed by atoms with van der Waals surface area (Å²) < 4.78 is 0. The van der Waals surface area contributed by atoms with Gasteiger partial charge < -0.3 is 0 Å². The van der Waals surface area contributed by atoms with Gasteiger partial charge in [0.15, 0.2) is 5.13 Å². The Hall–Kier alpha value is -2.46. The first-order valence-electron chi connectivity index (χ1n) is 9.53. The Bertz CT molecular complexity index is 998. The van der Waals surface area contributed by atoms with E-state index >= 15 is 0 Å². The lowest BCUT2D eigenvalue weighted by molar-refractivity contribution is 0.102. The van der Waals surface area contributed by atoms with Crippen LogP contribution in [0.4, 0.5) is 5.13 Å². The molecule has 1 N–H and O–H groups in total. The smallest absolute Gasteiger partial charge is 0.257 e. The number of hydrogen-bond donors (Lipinski definition) is 1. The molecule has 1 amide bonds. The van der Waals surface area contributed by atoms with Crippen LogP contribution in [0.5, 0.6) is 0 Å². The molecule has 0 bridgehead atoms. The first-order valence-corrected chi connectivity index (χ1v) is 10.4. The summed E-state index contributed by atoms with van der Waals surface area (Å²) in [6.45, 7) is 15.0. The van der Waals surface area contributed by atoms with Gasteiger partial charge in [-0.15, -0.1) is 11.3 Å². The van der Waals surface area contributed by atoms with E-state index < -0.39 is 0 Å². The molecule has 3 rings (SSSR count). The highest BCUT2D eigenvalue weighted by Crippen LogP contribution is 2.33. The fourth-order valence-corrected chi connectivity index (χ4v) is 4.03. The molecule has 1 aromatic heterocycles. The van der Waals surface area contributed by atoms with Gasteiger partial charge in [-0.05, 0) is 73.1 Å². The molecule has 0 saturated heterocycles. The summed E-state index contributed by atoms with van der Waals surface area (Å²) in [5, 5.41) is 5.59. The Labute approximate surface area is 171 Å².